The smallest absolute Gasteiger partial charge is 0.191 e. The van der Waals surface area contributed by atoms with Crippen LogP contribution in [0.3, 0.4) is 0 Å². The van der Waals surface area contributed by atoms with Gasteiger partial charge in [-0.15, -0.1) is 24.0 Å². The molecule has 0 bridgehead atoms. The van der Waals surface area contributed by atoms with Crippen LogP contribution in [0.1, 0.15) is 44.6 Å². The molecule has 0 atom stereocenters. The van der Waals surface area contributed by atoms with Crippen molar-refractivity contribution in [3.63, 3.8) is 0 Å². The summed E-state index contributed by atoms with van der Waals surface area (Å²) < 4.78 is 16.3. The van der Waals surface area contributed by atoms with Gasteiger partial charge in [-0.1, -0.05) is 32.3 Å². The number of hydrogen-bond donors (Lipinski definition) is 2. The number of halogens is 1. The standard InChI is InChI=1S/C22H35N3O3.HI/c1-21(15-28-16-21)13-24-20(23-2)25-14-22(10-6-5-7-11-22)17-8-9-18(26-3)19(12-17)27-4;/h8-9,12H,5-7,10-11,13-16H2,1-4H3,(H2,23,24,25);1H. The summed E-state index contributed by atoms with van der Waals surface area (Å²) in [7, 11) is 5.21. The number of methoxy groups -OCH3 is 2. The highest BCUT2D eigenvalue weighted by Crippen LogP contribution is 2.42. The Hall–Kier alpha value is -1.22. The molecule has 1 aliphatic carbocycles. The molecule has 1 heterocycles. The van der Waals surface area contributed by atoms with Crippen LogP contribution < -0.4 is 20.1 Å². The largest absolute Gasteiger partial charge is 0.493 e. The first kappa shape index (κ1) is 24.1. The van der Waals surface area contributed by atoms with E-state index in [2.05, 4.69) is 34.7 Å². The molecule has 1 aromatic rings. The molecular weight excluding hydrogens is 481 g/mol. The van der Waals surface area contributed by atoms with E-state index in [4.69, 9.17) is 14.2 Å². The van der Waals surface area contributed by atoms with Crippen LogP contribution in [-0.4, -0.2) is 53.5 Å². The van der Waals surface area contributed by atoms with Gasteiger partial charge in [0.15, 0.2) is 17.5 Å². The number of guanidine groups is 1. The third-order valence-corrected chi connectivity index (χ3v) is 6.21. The Balaban J connectivity index is 0.00000300. The second kappa shape index (κ2) is 10.7. The first-order valence-electron chi connectivity index (χ1n) is 10.3. The Morgan fingerprint density at radius 3 is 2.24 bits per heavy atom. The summed E-state index contributed by atoms with van der Waals surface area (Å²) in [5.74, 6) is 2.43. The zero-order chi connectivity index (χ0) is 20.0. The van der Waals surface area contributed by atoms with E-state index in [1.54, 1.807) is 14.2 Å². The Morgan fingerprint density at radius 1 is 1.03 bits per heavy atom. The topological polar surface area (TPSA) is 64.1 Å². The summed E-state index contributed by atoms with van der Waals surface area (Å²) in [6, 6.07) is 6.36. The summed E-state index contributed by atoms with van der Waals surface area (Å²) in [5, 5.41) is 7.07. The summed E-state index contributed by atoms with van der Waals surface area (Å²) in [5.41, 5.74) is 1.61. The molecule has 0 unspecified atom stereocenters. The van der Waals surface area contributed by atoms with Crippen LogP contribution in [0.4, 0.5) is 0 Å². The van der Waals surface area contributed by atoms with E-state index < -0.39 is 0 Å². The Kier molecular flexibility index (Phi) is 8.88. The van der Waals surface area contributed by atoms with Crippen molar-refractivity contribution < 1.29 is 14.2 Å². The maximum Gasteiger partial charge on any atom is 0.191 e. The Morgan fingerprint density at radius 2 is 1.69 bits per heavy atom. The minimum atomic E-state index is 0. The van der Waals surface area contributed by atoms with Crippen LogP contribution in [0.5, 0.6) is 11.5 Å². The SMILES string of the molecule is CN=C(NCC1(C)COC1)NCC1(c2ccc(OC)c(OC)c2)CCCCC1.I. The molecule has 29 heavy (non-hydrogen) atoms. The van der Waals surface area contributed by atoms with Crippen molar-refractivity contribution in [3.8, 4) is 11.5 Å². The van der Waals surface area contributed by atoms with E-state index in [0.29, 0.717) is 0 Å². The number of nitrogens with one attached hydrogen (secondary N) is 2. The molecular formula is C22H36IN3O3. The molecule has 0 aromatic heterocycles. The fourth-order valence-electron chi connectivity index (χ4n) is 4.29. The monoisotopic (exact) mass is 517 g/mol. The molecule has 1 saturated heterocycles. The van der Waals surface area contributed by atoms with Crippen molar-refractivity contribution >= 4 is 29.9 Å². The van der Waals surface area contributed by atoms with E-state index in [0.717, 1.165) is 56.6 Å². The zero-order valence-corrected chi connectivity index (χ0v) is 20.5. The normalized spacial score (nSPS) is 20.1. The predicted molar refractivity (Wildman–Crippen MR) is 128 cm³/mol. The first-order valence-corrected chi connectivity index (χ1v) is 10.3. The number of ether oxygens (including phenoxy) is 3. The van der Waals surface area contributed by atoms with E-state index >= 15 is 0 Å². The lowest BCUT2D eigenvalue weighted by Gasteiger charge is -2.40. The third-order valence-electron chi connectivity index (χ3n) is 6.21. The van der Waals surface area contributed by atoms with Gasteiger partial charge in [0, 0.05) is 31.0 Å². The number of nitrogens with zero attached hydrogens (tertiary/aromatic N) is 1. The summed E-state index contributed by atoms with van der Waals surface area (Å²) >= 11 is 0. The summed E-state index contributed by atoms with van der Waals surface area (Å²) in [4.78, 5) is 4.43. The fourth-order valence-corrected chi connectivity index (χ4v) is 4.29. The van der Waals surface area contributed by atoms with Crippen molar-refractivity contribution in [2.45, 2.75) is 44.4 Å². The van der Waals surface area contributed by atoms with Gasteiger partial charge in [-0.05, 0) is 30.5 Å². The highest BCUT2D eigenvalue weighted by Gasteiger charge is 2.36. The molecule has 0 radical (unpaired) electrons. The minimum absolute atomic E-state index is 0. The average Bonchev–Trinajstić information content (AvgIpc) is 2.72. The van der Waals surface area contributed by atoms with Gasteiger partial charge in [0.05, 0.1) is 27.4 Å². The highest BCUT2D eigenvalue weighted by molar-refractivity contribution is 14.0. The van der Waals surface area contributed by atoms with Crippen molar-refractivity contribution in [1.29, 1.82) is 0 Å². The van der Waals surface area contributed by atoms with Crippen LogP contribution in [0, 0.1) is 5.41 Å². The van der Waals surface area contributed by atoms with Crippen molar-refractivity contribution in [3.05, 3.63) is 23.8 Å². The van der Waals surface area contributed by atoms with Crippen LogP contribution >= 0.6 is 24.0 Å². The third kappa shape index (κ3) is 5.69. The van der Waals surface area contributed by atoms with Gasteiger partial charge in [-0.3, -0.25) is 4.99 Å². The second-order valence-corrected chi connectivity index (χ2v) is 8.49. The number of rotatable bonds is 7. The van der Waals surface area contributed by atoms with E-state index in [-0.39, 0.29) is 34.8 Å². The molecule has 7 heteroatoms. The Bertz CT molecular complexity index is 686. The second-order valence-electron chi connectivity index (χ2n) is 8.49. The molecule has 6 nitrogen and oxygen atoms in total. The van der Waals surface area contributed by atoms with Gasteiger partial charge in [0.1, 0.15) is 0 Å². The fraction of sp³-hybridized carbons (Fsp3) is 0.682. The first-order chi connectivity index (χ1) is 13.5. The molecule has 1 aromatic carbocycles. The maximum absolute atomic E-state index is 5.56. The van der Waals surface area contributed by atoms with Crippen LogP contribution in [0.15, 0.2) is 23.2 Å². The zero-order valence-electron chi connectivity index (χ0n) is 18.2. The van der Waals surface area contributed by atoms with E-state index in [9.17, 15) is 0 Å². The quantitative estimate of drug-likeness (QED) is 0.328. The van der Waals surface area contributed by atoms with Gasteiger partial charge in [0.25, 0.3) is 0 Å². The maximum atomic E-state index is 5.56. The number of benzene rings is 1. The van der Waals surface area contributed by atoms with Gasteiger partial charge < -0.3 is 24.8 Å². The van der Waals surface area contributed by atoms with Gasteiger partial charge in [-0.2, -0.15) is 0 Å². The van der Waals surface area contributed by atoms with E-state index in [1.807, 2.05) is 13.1 Å². The van der Waals surface area contributed by atoms with Gasteiger partial charge in [-0.25, -0.2) is 0 Å². The minimum Gasteiger partial charge on any atom is -0.493 e. The number of aliphatic imine (C=N–C) groups is 1. The van der Waals surface area contributed by atoms with Crippen LogP contribution in [0.25, 0.3) is 0 Å². The van der Waals surface area contributed by atoms with Crippen LogP contribution in [-0.2, 0) is 10.2 Å². The highest BCUT2D eigenvalue weighted by atomic mass is 127. The predicted octanol–water partition coefficient (Wildman–Crippen LogP) is 3.73. The molecule has 2 aliphatic rings. The summed E-state index contributed by atoms with van der Waals surface area (Å²) in [6.45, 7) is 5.59. The molecule has 2 N–H and O–H groups in total. The van der Waals surface area contributed by atoms with Gasteiger partial charge >= 0.3 is 0 Å². The average molecular weight is 517 g/mol. The van der Waals surface area contributed by atoms with Crippen molar-refractivity contribution in [2.75, 3.05) is 47.6 Å². The van der Waals surface area contributed by atoms with Crippen molar-refractivity contribution in [2.24, 2.45) is 10.4 Å². The summed E-state index contributed by atoms with van der Waals surface area (Å²) in [6.07, 6.45) is 6.13. The number of hydrogen-bond acceptors (Lipinski definition) is 4. The Labute approximate surface area is 192 Å². The van der Waals surface area contributed by atoms with Gasteiger partial charge in [0.2, 0.25) is 0 Å². The van der Waals surface area contributed by atoms with Crippen molar-refractivity contribution in [1.82, 2.24) is 10.6 Å². The molecule has 0 amide bonds. The molecule has 3 rings (SSSR count). The van der Waals surface area contributed by atoms with Crippen LogP contribution in [0.2, 0.25) is 0 Å². The molecule has 164 valence electrons. The molecule has 1 saturated carbocycles. The molecule has 0 spiro atoms. The lowest BCUT2D eigenvalue weighted by molar-refractivity contribution is -0.0971. The molecule has 1 aliphatic heterocycles. The molecule has 2 fully saturated rings. The van der Waals surface area contributed by atoms with E-state index in [1.165, 1.54) is 24.8 Å². The lowest BCUT2D eigenvalue weighted by atomic mass is 9.69. The lowest BCUT2D eigenvalue weighted by Crippen LogP contribution is -2.52.